The molecular weight excluding hydrogens is 314 g/mol. The van der Waals surface area contributed by atoms with Gasteiger partial charge in [-0.15, -0.1) is 11.3 Å². The molecule has 1 fully saturated rings. The molecule has 124 valence electrons. The maximum Gasteiger partial charge on any atom is 0.262 e. The predicted molar refractivity (Wildman–Crippen MR) is 86.5 cm³/mol. The van der Waals surface area contributed by atoms with Crippen molar-refractivity contribution in [2.24, 2.45) is 5.92 Å². The number of nitrogens with one attached hydrogen (secondary N) is 1. The van der Waals surface area contributed by atoms with E-state index < -0.39 is 0 Å². The van der Waals surface area contributed by atoms with E-state index in [1.165, 1.54) is 11.3 Å². The van der Waals surface area contributed by atoms with Crippen LogP contribution in [0.3, 0.4) is 0 Å². The van der Waals surface area contributed by atoms with Gasteiger partial charge < -0.3 is 14.6 Å². The molecule has 2 aromatic rings. The quantitative estimate of drug-likeness (QED) is 0.909. The third-order valence-corrected chi connectivity index (χ3v) is 5.12. The number of amides is 1. The van der Waals surface area contributed by atoms with E-state index in [-0.39, 0.29) is 17.9 Å². The van der Waals surface area contributed by atoms with Gasteiger partial charge in [-0.2, -0.15) is 4.98 Å². The molecule has 0 aliphatic carbocycles. The summed E-state index contributed by atoms with van der Waals surface area (Å²) in [7, 11) is 0. The highest BCUT2D eigenvalue weighted by Gasteiger charge is 2.32. The highest BCUT2D eigenvalue weighted by molar-refractivity contribution is 7.12. The number of carbonyl (C=O) groups excluding carboxylic acids is 1. The molecule has 1 aliphatic rings. The number of ether oxygens (including phenoxy) is 1. The Hall–Kier alpha value is -1.73. The Labute approximate surface area is 139 Å². The number of hydrogen-bond donors (Lipinski definition) is 1. The van der Waals surface area contributed by atoms with Crippen LogP contribution < -0.4 is 5.32 Å². The van der Waals surface area contributed by atoms with Crippen molar-refractivity contribution in [3.63, 3.8) is 0 Å². The molecule has 2 aromatic heterocycles. The zero-order chi connectivity index (χ0) is 16.2. The number of aromatic nitrogens is 2. The lowest BCUT2D eigenvalue weighted by Gasteiger charge is -2.28. The van der Waals surface area contributed by atoms with Crippen molar-refractivity contribution in [2.75, 3.05) is 13.2 Å². The molecule has 1 amide bonds. The second-order valence-corrected chi connectivity index (χ2v) is 6.63. The molecule has 7 heteroatoms. The molecule has 0 radical (unpaired) electrons. The molecular formula is C16H21N3O3S. The topological polar surface area (TPSA) is 77.3 Å². The molecule has 1 atom stereocenters. The summed E-state index contributed by atoms with van der Waals surface area (Å²) < 4.78 is 10.8. The molecule has 6 nitrogen and oxygen atoms in total. The fraction of sp³-hybridized carbons (Fsp3) is 0.562. The van der Waals surface area contributed by atoms with Crippen LogP contribution in [0, 0.1) is 12.8 Å². The SMILES string of the molecule is CCc1ccsc1C(=O)NC(c1nc(C)no1)C1CCOCC1. The first-order valence-corrected chi connectivity index (χ1v) is 8.82. The van der Waals surface area contributed by atoms with Gasteiger partial charge in [0.25, 0.3) is 5.91 Å². The van der Waals surface area contributed by atoms with Gasteiger partial charge in [0.05, 0.1) is 4.88 Å². The lowest BCUT2D eigenvalue weighted by Crippen LogP contribution is -2.36. The highest BCUT2D eigenvalue weighted by Crippen LogP contribution is 2.30. The van der Waals surface area contributed by atoms with Crippen LogP contribution in [0.15, 0.2) is 16.0 Å². The summed E-state index contributed by atoms with van der Waals surface area (Å²) in [6, 6.07) is 1.74. The van der Waals surface area contributed by atoms with Gasteiger partial charge in [0.2, 0.25) is 5.89 Å². The van der Waals surface area contributed by atoms with E-state index in [0.29, 0.717) is 24.9 Å². The third-order valence-electron chi connectivity index (χ3n) is 4.17. The predicted octanol–water partition coefficient (Wildman–Crippen LogP) is 2.90. The van der Waals surface area contributed by atoms with Crippen LogP contribution in [-0.4, -0.2) is 29.3 Å². The zero-order valence-electron chi connectivity index (χ0n) is 13.4. The molecule has 3 heterocycles. The van der Waals surface area contributed by atoms with Gasteiger partial charge in [0, 0.05) is 13.2 Å². The average molecular weight is 335 g/mol. The number of hydrogen-bond acceptors (Lipinski definition) is 6. The van der Waals surface area contributed by atoms with Crippen molar-refractivity contribution in [2.45, 2.75) is 39.2 Å². The zero-order valence-corrected chi connectivity index (χ0v) is 14.2. The van der Waals surface area contributed by atoms with Gasteiger partial charge in [0.15, 0.2) is 5.82 Å². The summed E-state index contributed by atoms with van der Waals surface area (Å²) in [5.41, 5.74) is 1.07. The minimum Gasteiger partial charge on any atom is -0.381 e. The van der Waals surface area contributed by atoms with Crippen LogP contribution in [0.5, 0.6) is 0 Å². The molecule has 1 N–H and O–H groups in total. The Kier molecular flexibility index (Phi) is 5.07. The fourth-order valence-electron chi connectivity index (χ4n) is 2.89. The summed E-state index contributed by atoms with van der Waals surface area (Å²) in [5.74, 6) is 1.25. The Morgan fingerprint density at radius 3 is 2.91 bits per heavy atom. The Balaban J connectivity index is 1.82. The Morgan fingerprint density at radius 2 is 2.26 bits per heavy atom. The van der Waals surface area contributed by atoms with Crippen LogP contribution >= 0.6 is 11.3 Å². The van der Waals surface area contributed by atoms with Gasteiger partial charge >= 0.3 is 0 Å². The number of aryl methyl sites for hydroxylation is 2. The van der Waals surface area contributed by atoms with Crippen molar-refractivity contribution in [3.05, 3.63) is 33.6 Å². The molecule has 0 spiro atoms. The summed E-state index contributed by atoms with van der Waals surface area (Å²) in [4.78, 5) is 17.8. The van der Waals surface area contributed by atoms with E-state index in [0.717, 1.165) is 29.7 Å². The lowest BCUT2D eigenvalue weighted by atomic mass is 9.91. The summed E-state index contributed by atoms with van der Waals surface area (Å²) in [6.45, 7) is 5.23. The van der Waals surface area contributed by atoms with E-state index in [1.54, 1.807) is 6.92 Å². The van der Waals surface area contributed by atoms with Crippen LogP contribution in [-0.2, 0) is 11.2 Å². The fourth-order valence-corrected chi connectivity index (χ4v) is 3.79. The largest absolute Gasteiger partial charge is 0.381 e. The summed E-state index contributed by atoms with van der Waals surface area (Å²) in [5, 5.41) is 8.94. The minimum atomic E-state index is -0.264. The third kappa shape index (κ3) is 3.61. The van der Waals surface area contributed by atoms with Gasteiger partial charge in [-0.25, -0.2) is 0 Å². The van der Waals surface area contributed by atoms with Gasteiger partial charge in [-0.05, 0) is 49.1 Å². The second kappa shape index (κ2) is 7.23. The Bertz CT molecular complexity index is 661. The number of thiophene rings is 1. The van der Waals surface area contributed by atoms with E-state index in [2.05, 4.69) is 22.4 Å². The first-order chi connectivity index (χ1) is 11.2. The molecule has 0 bridgehead atoms. The van der Waals surface area contributed by atoms with Crippen LogP contribution in [0.4, 0.5) is 0 Å². The van der Waals surface area contributed by atoms with Crippen LogP contribution in [0.25, 0.3) is 0 Å². The second-order valence-electron chi connectivity index (χ2n) is 5.71. The monoisotopic (exact) mass is 335 g/mol. The van der Waals surface area contributed by atoms with Gasteiger partial charge in [-0.3, -0.25) is 4.79 Å². The van der Waals surface area contributed by atoms with Crippen molar-refractivity contribution in [1.82, 2.24) is 15.5 Å². The average Bonchev–Trinajstić information content (AvgIpc) is 3.21. The van der Waals surface area contributed by atoms with Crippen molar-refractivity contribution in [1.29, 1.82) is 0 Å². The molecule has 0 saturated carbocycles. The number of nitrogens with zero attached hydrogens (tertiary/aromatic N) is 2. The van der Waals surface area contributed by atoms with E-state index >= 15 is 0 Å². The first-order valence-electron chi connectivity index (χ1n) is 7.94. The van der Waals surface area contributed by atoms with E-state index in [1.807, 2.05) is 11.4 Å². The first kappa shape index (κ1) is 16.1. The molecule has 23 heavy (non-hydrogen) atoms. The molecule has 1 saturated heterocycles. The van der Waals surface area contributed by atoms with Gasteiger partial charge in [-0.1, -0.05) is 12.1 Å². The minimum absolute atomic E-state index is 0.0656. The van der Waals surface area contributed by atoms with Crippen LogP contribution in [0.1, 0.15) is 52.8 Å². The van der Waals surface area contributed by atoms with Gasteiger partial charge in [0.1, 0.15) is 6.04 Å². The molecule has 1 aliphatic heterocycles. The smallest absolute Gasteiger partial charge is 0.262 e. The lowest BCUT2D eigenvalue weighted by molar-refractivity contribution is 0.0468. The number of carbonyl (C=O) groups is 1. The standard InChI is InChI=1S/C16H21N3O3S/c1-3-11-6-9-23-14(11)15(20)18-13(12-4-7-21-8-5-12)16-17-10(2)19-22-16/h6,9,12-13H,3-5,7-8H2,1-2H3,(H,18,20). The van der Waals surface area contributed by atoms with Crippen molar-refractivity contribution >= 4 is 17.2 Å². The molecule has 3 rings (SSSR count). The summed E-state index contributed by atoms with van der Waals surface area (Å²) >= 11 is 1.47. The van der Waals surface area contributed by atoms with Crippen molar-refractivity contribution in [3.8, 4) is 0 Å². The molecule has 0 aromatic carbocycles. The normalized spacial score (nSPS) is 17.1. The maximum atomic E-state index is 12.7. The summed E-state index contributed by atoms with van der Waals surface area (Å²) in [6.07, 6.45) is 2.59. The Morgan fingerprint density at radius 1 is 1.48 bits per heavy atom. The van der Waals surface area contributed by atoms with E-state index in [4.69, 9.17) is 9.26 Å². The molecule has 1 unspecified atom stereocenters. The van der Waals surface area contributed by atoms with Crippen molar-refractivity contribution < 1.29 is 14.1 Å². The highest BCUT2D eigenvalue weighted by atomic mass is 32.1. The maximum absolute atomic E-state index is 12.7. The van der Waals surface area contributed by atoms with Crippen LogP contribution in [0.2, 0.25) is 0 Å². The number of rotatable bonds is 5. The van der Waals surface area contributed by atoms with E-state index in [9.17, 15) is 4.79 Å².